The Morgan fingerprint density at radius 1 is 1.37 bits per heavy atom. The summed E-state index contributed by atoms with van der Waals surface area (Å²) in [6.07, 6.45) is 3.68. The fraction of sp³-hybridized carbons (Fsp3) is 0.308. The molecule has 0 atom stereocenters. The van der Waals surface area contributed by atoms with Gasteiger partial charge >= 0.3 is 0 Å². The monoisotopic (exact) mass is 322 g/mol. The Labute approximate surface area is 120 Å². The first-order valence-electron chi connectivity index (χ1n) is 5.97. The number of anilines is 1. The van der Waals surface area contributed by atoms with Crippen molar-refractivity contribution in [2.75, 3.05) is 5.32 Å². The first-order chi connectivity index (χ1) is 9.08. The molecule has 2 aromatic heterocycles. The standard InChI is InChI=1S/C13H15BrN4O/c1-9-13(14)10(2)18(17-9)8-5-12(19)16-11-3-6-15-7-4-11/h3-4,6-7H,5,8H2,1-2H3,(H,15,16,19). The molecule has 0 bridgehead atoms. The Hall–Kier alpha value is -1.69. The number of hydrogen-bond acceptors (Lipinski definition) is 3. The van der Waals surface area contributed by atoms with E-state index in [1.54, 1.807) is 24.5 Å². The minimum atomic E-state index is -0.0325. The Bertz CT molecular complexity index is 580. The molecule has 0 saturated heterocycles. The zero-order valence-corrected chi connectivity index (χ0v) is 12.4. The van der Waals surface area contributed by atoms with Gasteiger partial charge in [-0.1, -0.05) is 0 Å². The molecule has 0 saturated carbocycles. The van der Waals surface area contributed by atoms with E-state index in [-0.39, 0.29) is 5.91 Å². The summed E-state index contributed by atoms with van der Waals surface area (Å²) in [7, 11) is 0. The second-order valence-electron chi connectivity index (χ2n) is 4.24. The number of pyridine rings is 1. The lowest BCUT2D eigenvalue weighted by Gasteiger charge is -2.06. The summed E-state index contributed by atoms with van der Waals surface area (Å²) < 4.78 is 2.84. The smallest absolute Gasteiger partial charge is 0.226 e. The zero-order valence-electron chi connectivity index (χ0n) is 10.9. The highest BCUT2D eigenvalue weighted by Gasteiger charge is 2.10. The zero-order chi connectivity index (χ0) is 13.8. The van der Waals surface area contributed by atoms with E-state index >= 15 is 0 Å². The van der Waals surface area contributed by atoms with Crippen LogP contribution in [0.1, 0.15) is 17.8 Å². The lowest BCUT2D eigenvalue weighted by atomic mass is 10.3. The first-order valence-corrected chi connectivity index (χ1v) is 6.76. The molecule has 19 heavy (non-hydrogen) atoms. The molecule has 0 aliphatic heterocycles. The fourth-order valence-corrected chi connectivity index (χ4v) is 2.04. The SMILES string of the molecule is Cc1nn(CCC(=O)Nc2ccncc2)c(C)c1Br. The fourth-order valence-electron chi connectivity index (χ4n) is 1.76. The van der Waals surface area contributed by atoms with Gasteiger partial charge in [0.15, 0.2) is 0 Å². The van der Waals surface area contributed by atoms with Crippen LogP contribution >= 0.6 is 15.9 Å². The third-order valence-electron chi connectivity index (χ3n) is 2.81. The molecule has 1 N–H and O–H groups in total. The van der Waals surface area contributed by atoms with Crippen molar-refractivity contribution >= 4 is 27.5 Å². The van der Waals surface area contributed by atoms with Crippen molar-refractivity contribution < 1.29 is 4.79 Å². The molecule has 0 radical (unpaired) electrons. The molecule has 0 fully saturated rings. The first kappa shape index (κ1) is 13.7. The third-order valence-corrected chi connectivity index (χ3v) is 3.96. The molecule has 0 unspecified atom stereocenters. The minimum absolute atomic E-state index is 0.0325. The van der Waals surface area contributed by atoms with Crippen LogP contribution in [-0.4, -0.2) is 20.7 Å². The van der Waals surface area contributed by atoms with Crippen molar-refractivity contribution in [1.29, 1.82) is 0 Å². The molecule has 2 heterocycles. The van der Waals surface area contributed by atoms with Gasteiger partial charge in [0.25, 0.3) is 0 Å². The van der Waals surface area contributed by atoms with Crippen molar-refractivity contribution in [2.24, 2.45) is 0 Å². The highest BCUT2D eigenvalue weighted by molar-refractivity contribution is 9.10. The van der Waals surface area contributed by atoms with Crippen molar-refractivity contribution in [3.63, 3.8) is 0 Å². The summed E-state index contributed by atoms with van der Waals surface area (Å²) in [5, 5.41) is 7.19. The summed E-state index contributed by atoms with van der Waals surface area (Å²) in [6.45, 7) is 4.48. The van der Waals surface area contributed by atoms with E-state index in [1.807, 2.05) is 18.5 Å². The topological polar surface area (TPSA) is 59.8 Å². The molecule has 2 aromatic rings. The van der Waals surface area contributed by atoms with Gasteiger partial charge in [0.05, 0.1) is 16.7 Å². The summed E-state index contributed by atoms with van der Waals surface area (Å²) in [5.74, 6) is -0.0325. The molecular weight excluding hydrogens is 308 g/mol. The van der Waals surface area contributed by atoms with E-state index in [0.29, 0.717) is 13.0 Å². The normalized spacial score (nSPS) is 10.5. The van der Waals surface area contributed by atoms with Crippen LogP contribution in [0.5, 0.6) is 0 Å². The molecule has 0 aliphatic rings. The van der Waals surface area contributed by atoms with Crippen LogP contribution in [-0.2, 0) is 11.3 Å². The van der Waals surface area contributed by atoms with Gasteiger partial charge in [-0.05, 0) is 41.9 Å². The number of nitrogens with zero attached hydrogens (tertiary/aromatic N) is 3. The largest absolute Gasteiger partial charge is 0.326 e. The Morgan fingerprint density at radius 3 is 2.63 bits per heavy atom. The predicted octanol–water partition coefficient (Wildman–Crippen LogP) is 2.69. The highest BCUT2D eigenvalue weighted by Crippen LogP contribution is 2.19. The van der Waals surface area contributed by atoms with Crippen molar-refractivity contribution in [3.05, 3.63) is 40.4 Å². The predicted molar refractivity (Wildman–Crippen MR) is 76.9 cm³/mol. The number of carbonyl (C=O) groups is 1. The van der Waals surface area contributed by atoms with Gasteiger partial charge < -0.3 is 5.32 Å². The van der Waals surface area contributed by atoms with Crippen LogP contribution in [0.15, 0.2) is 29.0 Å². The summed E-state index contributed by atoms with van der Waals surface area (Å²) >= 11 is 3.47. The van der Waals surface area contributed by atoms with Crippen LogP contribution in [0.2, 0.25) is 0 Å². The molecule has 100 valence electrons. The van der Waals surface area contributed by atoms with Crippen LogP contribution in [0.3, 0.4) is 0 Å². The Kier molecular flexibility index (Phi) is 4.31. The number of aryl methyl sites for hydroxylation is 2. The quantitative estimate of drug-likeness (QED) is 0.941. The second-order valence-corrected chi connectivity index (χ2v) is 5.04. The van der Waals surface area contributed by atoms with E-state index in [1.165, 1.54) is 0 Å². The van der Waals surface area contributed by atoms with Gasteiger partial charge in [0.1, 0.15) is 0 Å². The average molecular weight is 323 g/mol. The van der Waals surface area contributed by atoms with Gasteiger partial charge in [0, 0.05) is 30.2 Å². The summed E-state index contributed by atoms with van der Waals surface area (Å²) in [4.78, 5) is 15.7. The number of aromatic nitrogens is 3. The minimum Gasteiger partial charge on any atom is -0.326 e. The molecule has 1 amide bonds. The van der Waals surface area contributed by atoms with Crippen molar-refractivity contribution in [1.82, 2.24) is 14.8 Å². The maximum atomic E-state index is 11.8. The number of hydrogen-bond donors (Lipinski definition) is 1. The van der Waals surface area contributed by atoms with Gasteiger partial charge in [-0.25, -0.2) is 0 Å². The van der Waals surface area contributed by atoms with E-state index < -0.39 is 0 Å². The van der Waals surface area contributed by atoms with Gasteiger partial charge in [-0.2, -0.15) is 5.10 Å². The molecule has 2 rings (SSSR count). The number of carbonyl (C=O) groups excluding carboxylic acids is 1. The van der Waals surface area contributed by atoms with Gasteiger partial charge in [0.2, 0.25) is 5.91 Å². The van der Waals surface area contributed by atoms with Crippen LogP contribution in [0.25, 0.3) is 0 Å². The van der Waals surface area contributed by atoms with E-state index in [0.717, 1.165) is 21.5 Å². The number of halogens is 1. The summed E-state index contributed by atoms with van der Waals surface area (Å²) in [6, 6.07) is 3.52. The highest BCUT2D eigenvalue weighted by atomic mass is 79.9. The average Bonchev–Trinajstić information content (AvgIpc) is 2.65. The number of rotatable bonds is 4. The Balaban J connectivity index is 1.92. The lowest BCUT2D eigenvalue weighted by molar-refractivity contribution is -0.116. The summed E-state index contributed by atoms with van der Waals surface area (Å²) in [5.41, 5.74) is 2.73. The van der Waals surface area contributed by atoms with Gasteiger partial charge in [-0.15, -0.1) is 0 Å². The van der Waals surface area contributed by atoms with Crippen LogP contribution < -0.4 is 5.32 Å². The van der Waals surface area contributed by atoms with Crippen molar-refractivity contribution in [3.8, 4) is 0 Å². The molecule has 5 nitrogen and oxygen atoms in total. The van der Waals surface area contributed by atoms with Crippen LogP contribution in [0, 0.1) is 13.8 Å². The maximum absolute atomic E-state index is 11.8. The maximum Gasteiger partial charge on any atom is 0.226 e. The molecule has 6 heteroatoms. The lowest BCUT2D eigenvalue weighted by Crippen LogP contribution is -2.15. The van der Waals surface area contributed by atoms with Crippen LogP contribution in [0.4, 0.5) is 5.69 Å². The number of amides is 1. The molecular formula is C13H15BrN4O. The van der Waals surface area contributed by atoms with E-state index in [9.17, 15) is 4.79 Å². The van der Waals surface area contributed by atoms with Crippen molar-refractivity contribution in [2.45, 2.75) is 26.8 Å². The number of nitrogens with one attached hydrogen (secondary N) is 1. The van der Waals surface area contributed by atoms with E-state index in [2.05, 4.69) is 31.3 Å². The van der Waals surface area contributed by atoms with Gasteiger partial charge in [-0.3, -0.25) is 14.5 Å². The Morgan fingerprint density at radius 2 is 2.05 bits per heavy atom. The second kappa shape index (κ2) is 5.97. The van der Waals surface area contributed by atoms with E-state index in [4.69, 9.17) is 0 Å². The molecule has 0 spiro atoms. The molecule has 0 aliphatic carbocycles. The third kappa shape index (κ3) is 3.41. The molecule has 0 aromatic carbocycles.